The molecule has 0 spiro atoms. The summed E-state index contributed by atoms with van der Waals surface area (Å²) in [6.45, 7) is 12.6. The maximum absolute atomic E-state index is 10.2. The van der Waals surface area contributed by atoms with Gasteiger partial charge in [0.25, 0.3) is 0 Å². The number of hydrogen-bond acceptors (Lipinski definition) is 5. The van der Waals surface area contributed by atoms with E-state index in [1.807, 2.05) is 26.0 Å². The molecule has 1 aromatic carbocycles. The van der Waals surface area contributed by atoms with Gasteiger partial charge in [-0.15, -0.1) is 0 Å². The van der Waals surface area contributed by atoms with Crippen LogP contribution in [0.1, 0.15) is 63.1 Å². The van der Waals surface area contributed by atoms with Crippen LogP contribution in [0, 0.1) is 0 Å². The van der Waals surface area contributed by atoms with Gasteiger partial charge >= 0.3 is 0 Å². The summed E-state index contributed by atoms with van der Waals surface area (Å²) in [4.78, 5) is 11.7. The Morgan fingerprint density at radius 1 is 1.19 bits per heavy atom. The number of aliphatic hydroxyl groups is 1. The quantitative estimate of drug-likeness (QED) is 0.855. The molecule has 140 valence electrons. The highest BCUT2D eigenvalue weighted by Gasteiger charge is 2.22. The van der Waals surface area contributed by atoms with Crippen LogP contribution in [0.5, 0.6) is 0 Å². The van der Waals surface area contributed by atoms with E-state index >= 15 is 0 Å². The fourth-order valence-electron chi connectivity index (χ4n) is 3.27. The molecule has 2 N–H and O–H groups in total. The van der Waals surface area contributed by atoms with Crippen molar-refractivity contribution in [2.24, 2.45) is 0 Å². The van der Waals surface area contributed by atoms with Gasteiger partial charge in [-0.1, -0.05) is 32.0 Å². The van der Waals surface area contributed by atoms with Crippen LogP contribution in [-0.2, 0) is 18.6 Å². The first-order chi connectivity index (χ1) is 12.3. The number of anilines is 2. The third kappa shape index (κ3) is 3.98. The average Bonchev–Trinajstić information content (AvgIpc) is 2.60. The molecule has 0 atom stereocenters. The first-order valence-electron chi connectivity index (χ1n) is 9.50. The van der Waals surface area contributed by atoms with E-state index in [0.29, 0.717) is 5.92 Å². The lowest BCUT2D eigenvalue weighted by molar-refractivity contribution is 0.0785. The number of aromatic nitrogens is 2. The van der Waals surface area contributed by atoms with E-state index in [0.717, 1.165) is 49.1 Å². The summed E-state index contributed by atoms with van der Waals surface area (Å²) >= 11 is 0. The average molecular weight is 354 g/mol. The standard InChI is InChI=1S/C21H30N4O/c1-6-22-18-12-19(24-20(23-18)14(2)3)25-10-9-15-11-17(21(4,5)26)8-7-16(15)13-25/h7-8,11-12,14,26H,6,9-10,13H2,1-5H3,(H,22,23,24). The summed E-state index contributed by atoms with van der Waals surface area (Å²) in [5.41, 5.74) is 2.80. The van der Waals surface area contributed by atoms with E-state index in [-0.39, 0.29) is 0 Å². The minimum atomic E-state index is -0.800. The molecule has 3 rings (SSSR count). The Labute approximate surface area is 156 Å². The predicted octanol–water partition coefficient (Wildman–Crippen LogP) is 3.82. The minimum absolute atomic E-state index is 0.291. The lowest BCUT2D eigenvalue weighted by atomic mass is 9.91. The van der Waals surface area contributed by atoms with Gasteiger partial charge in [0.15, 0.2) is 0 Å². The van der Waals surface area contributed by atoms with Gasteiger partial charge in [0.1, 0.15) is 17.5 Å². The molecule has 0 saturated heterocycles. The zero-order valence-electron chi connectivity index (χ0n) is 16.5. The zero-order chi connectivity index (χ0) is 18.9. The smallest absolute Gasteiger partial charge is 0.135 e. The number of fused-ring (bicyclic) bond motifs is 1. The summed E-state index contributed by atoms with van der Waals surface area (Å²) in [5.74, 6) is 3.04. The molecule has 0 saturated carbocycles. The Morgan fingerprint density at radius 3 is 2.62 bits per heavy atom. The number of nitrogens with zero attached hydrogens (tertiary/aromatic N) is 3. The van der Waals surface area contributed by atoms with Crippen molar-refractivity contribution in [1.82, 2.24) is 9.97 Å². The third-order valence-electron chi connectivity index (χ3n) is 4.85. The van der Waals surface area contributed by atoms with Gasteiger partial charge in [0.2, 0.25) is 0 Å². The van der Waals surface area contributed by atoms with Crippen LogP contribution in [0.15, 0.2) is 24.3 Å². The Bertz CT molecular complexity index is 780. The normalized spacial score (nSPS) is 14.5. The maximum atomic E-state index is 10.2. The van der Waals surface area contributed by atoms with Crippen molar-refractivity contribution in [1.29, 1.82) is 0 Å². The summed E-state index contributed by atoms with van der Waals surface area (Å²) in [5, 5.41) is 13.6. The topological polar surface area (TPSA) is 61.3 Å². The molecule has 1 aliphatic rings. The molecule has 0 radical (unpaired) electrons. The SMILES string of the molecule is CCNc1cc(N2CCc3cc(C(C)(C)O)ccc3C2)nc(C(C)C)n1. The lowest BCUT2D eigenvalue weighted by Crippen LogP contribution is -2.32. The Morgan fingerprint density at radius 2 is 1.96 bits per heavy atom. The van der Waals surface area contributed by atoms with Crippen LogP contribution in [0.25, 0.3) is 0 Å². The van der Waals surface area contributed by atoms with Gasteiger partial charge < -0.3 is 15.3 Å². The van der Waals surface area contributed by atoms with Gasteiger partial charge in [0, 0.05) is 31.6 Å². The molecule has 1 aliphatic heterocycles. The molecule has 5 nitrogen and oxygen atoms in total. The van der Waals surface area contributed by atoms with Crippen molar-refractivity contribution in [3.63, 3.8) is 0 Å². The van der Waals surface area contributed by atoms with Crippen molar-refractivity contribution in [3.8, 4) is 0 Å². The van der Waals surface area contributed by atoms with Crippen molar-refractivity contribution in [2.45, 2.75) is 59.1 Å². The molecular formula is C21H30N4O. The predicted molar refractivity (Wildman–Crippen MR) is 107 cm³/mol. The highest BCUT2D eigenvalue weighted by molar-refractivity contribution is 5.52. The van der Waals surface area contributed by atoms with Gasteiger partial charge in [-0.2, -0.15) is 0 Å². The number of hydrogen-bond donors (Lipinski definition) is 2. The van der Waals surface area contributed by atoms with Crippen molar-refractivity contribution in [3.05, 3.63) is 46.8 Å². The second-order valence-corrected chi connectivity index (χ2v) is 7.87. The molecule has 2 heterocycles. The monoisotopic (exact) mass is 354 g/mol. The second kappa shape index (κ2) is 7.23. The molecule has 0 bridgehead atoms. The van der Waals surface area contributed by atoms with Crippen molar-refractivity contribution >= 4 is 11.6 Å². The number of benzene rings is 1. The van der Waals surface area contributed by atoms with E-state index < -0.39 is 5.60 Å². The Balaban J connectivity index is 1.88. The Kier molecular flexibility index (Phi) is 5.19. The van der Waals surface area contributed by atoms with Crippen LogP contribution < -0.4 is 10.2 Å². The van der Waals surface area contributed by atoms with Crippen LogP contribution >= 0.6 is 0 Å². The molecular weight excluding hydrogens is 324 g/mol. The largest absolute Gasteiger partial charge is 0.386 e. The fraction of sp³-hybridized carbons (Fsp3) is 0.524. The molecule has 26 heavy (non-hydrogen) atoms. The van der Waals surface area contributed by atoms with E-state index in [9.17, 15) is 5.11 Å². The zero-order valence-corrected chi connectivity index (χ0v) is 16.5. The lowest BCUT2D eigenvalue weighted by Gasteiger charge is -2.31. The van der Waals surface area contributed by atoms with E-state index in [4.69, 9.17) is 4.98 Å². The summed E-state index contributed by atoms with van der Waals surface area (Å²) in [7, 11) is 0. The van der Waals surface area contributed by atoms with Crippen LogP contribution in [0.3, 0.4) is 0 Å². The third-order valence-corrected chi connectivity index (χ3v) is 4.85. The van der Waals surface area contributed by atoms with E-state index in [2.05, 4.69) is 48.1 Å². The minimum Gasteiger partial charge on any atom is -0.386 e. The second-order valence-electron chi connectivity index (χ2n) is 7.87. The number of rotatable bonds is 5. The molecule has 0 unspecified atom stereocenters. The van der Waals surface area contributed by atoms with Gasteiger partial charge in [-0.3, -0.25) is 0 Å². The van der Waals surface area contributed by atoms with Crippen LogP contribution in [0.2, 0.25) is 0 Å². The van der Waals surface area contributed by atoms with E-state index in [1.54, 1.807) is 0 Å². The van der Waals surface area contributed by atoms with E-state index in [1.165, 1.54) is 11.1 Å². The molecule has 2 aromatic rings. The summed E-state index contributed by atoms with van der Waals surface area (Å²) in [6.07, 6.45) is 0.955. The molecule has 5 heteroatoms. The van der Waals surface area contributed by atoms with Crippen molar-refractivity contribution in [2.75, 3.05) is 23.3 Å². The molecule has 0 fully saturated rings. The first-order valence-corrected chi connectivity index (χ1v) is 9.50. The van der Waals surface area contributed by atoms with Crippen molar-refractivity contribution < 1.29 is 5.11 Å². The van der Waals surface area contributed by atoms with Crippen LogP contribution in [0.4, 0.5) is 11.6 Å². The van der Waals surface area contributed by atoms with Crippen LogP contribution in [-0.4, -0.2) is 28.2 Å². The molecule has 0 amide bonds. The summed E-state index contributed by atoms with van der Waals surface area (Å²) in [6, 6.07) is 8.37. The summed E-state index contributed by atoms with van der Waals surface area (Å²) < 4.78 is 0. The highest BCUT2D eigenvalue weighted by Crippen LogP contribution is 2.29. The highest BCUT2D eigenvalue weighted by atomic mass is 16.3. The molecule has 0 aliphatic carbocycles. The molecule has 1 aromatic heterocycles. The van der Waals surface area contributed by atoms with Gasteiger partial charge in [-0.25, -0.2) is 9.97 Å². The Hall–Kier alpha value is -2.14. The fourth-order valence-corrected chi connectivity index (χ4v) is 3.27. The number of nitrogens with one attached hydrogen (secondary N) is 1. The first kappa shape index (κ1) is 18.6. The van der Waals surface area contributed by atoms with Gasteiger partial charge in [-0.05, 0) is 43.9 Å². The van der Waals surface area contributed by atoms with Gasteiger partial charge in [0.05, 0.1) is 5.60 Å². The maximum Gasteiger partial charge on any atom is 0.135 e.